The van der Waals surface area contributed by atoms with Crippen LogP contribution in [0.2, 0.25) is 0 Å². The van der Waals surface area contributed by atoms with Crippen LogP contribution < -0.4 is 5.32 Å². The molecule has 0 fully saturated rings. The lowest BCUT2D eigenvalue weighted by Gasteiger charge is -2.09. The lowest BCUT2D eigenvalue weighted by molar-refractivity contribution is 0.117. The molecule has 2 nitrogen and oxygen atoms in total. The Hall–Kier alpha value is -0.0800. The highest BCUT2D eigenvalue weighted by Crippen LogP contribution is 1.91. The van der Waals surface area contributed by atoms with E-state index in [2.05, 4.69) is 19.2 Å². The molecule has 0 amide bonds. The Morgan fingerprint density at radius 2 is 2.09 bits per heavy atom. The van der Waals surface area contributed by atoms with Gasteiger partial charge in [0.05, 0.1) is 6.10 Å². The van der Waals surface area contributed by atoms with Gasteiger partial charge in [-0.3, -0.25) is 0 Å². The Morgan fingerprint density at radius 3 is 2.64 bits per heavy atom. The molecule has 1 N–H and O–H groups in total. The third kappa shape index (κ3) is 7.82. The minimum Gasteiger partial charge on any atom is -0.380 e. The average molecular weight is 159 g/mol. The summed E-state index contributed by atoms with van der Waals surface area (Å²) < 4.78 is 5.09. The Morgan fingerprint density at radius 1 is 1.36 bits per heavy atom. The van der Waals surface area contributed by atoms with Gasteiger partial charge in [0, 0.05) is 13.7 Å². The van der Waals surface area contributed by atoms with Crippen LogP contribution in [0.5, 0.6) is 0 Å². The third-order valence-electron chi connectivity index (χ3n) is 1.79. The lowest BCUT2D eigenvalue weighted by atomic mass is 10.2. The van der Waals surface area contributed by atoms with Crippen molar-refractivity contribution in [2.75, 3.05) is 20.2 Å². The van der Waals surface area contributed by atoms with E-state index in [1.807, 2.05) is 0 Å². The van der Waals surface area contributed by atoms with Crippen LogP contribution >= 0.6 is 0 Å². The van der Waals surface area contributed by atoms with Gasteiger partial charge in [-0.05, 0) is 19.9 Å². The van der Waals surface area contributed by atoms with E-state index < -0.39 is 0 Å². The molecule has 0 aromatic heterocycles. The normalized spacial score (nSPS) is 13.4. The Kier molecular flexibility index (Phi) is 7.96. The molecule has 11 heavy (non-hydrogen) atoms. The molecule has 0 aliphatic carbocycles. The maximum absolute atomic E-state index is 5.09. The first kappa shape index (κ1) is 10.9. The van der Waals surface area contributed by atoms with Crippen LogP contribution in [0.25, 0.3) is 0 Å². The highest BCUT2D eigenvalue weighted by molar-refractivity contribution is 4.54. The summed E-state index contributed by atoms with van der Waals surface area (Å²) in [4.78, 5) is 0. The fraction of sp³-hybridized carbons (Fsp3) is 1.00. The lowest BCUT2D eigenvalue weighted by Crippen LogP contribution is -2.26. The molecule has 0 spiro atoms. The van der Waals surface area contributed by atoms with Gasteiger partial charge < -0.3 is 10.1 Å². The predicted octanol–water partition coefficient (Wildman–Crippen LogP) is 1.80. The zero-order valence-electron chi connectivity index (χ0n) is 8.02. The van der Waals surface area contributed by atoms with Gasteiger partial charge in [-0.15, -0.1) is 0 Å². The second kappa shape index (κ2) is 8.02. The van der Waals surface area contributed by atoms with Crippen LogP contribution in [-0.4, -0.2) is 26.3 Å². The SMILES string of the molecule is CCCCCNC[C@H](C)OC. The zero-order chi connectivity index (χ0) is 8.53. The van der Waals surface area contributed by atoms with Crippen molar-refractivity contribution < 1.29 is 4.74 Å². The maximum atomic E-state index is 5.09. The van der Waals surface area contributed by atoms with Gasteiger partial charge in [0.25, 0.3) is 0 Å². The molecule has 0 aromatic carbocycles. The molecular formula is C9H21NO. The second-order valence-electron chi connectivity index (χ2n) is 2.96. The van der Waals surface area contributed by atoms with Crippen LogP contribution in [0.3, 0.4) is 0 Å². The van der Waals surface area contributed by atoms with Crippen molar-refractivity contribution in [1.29, 1.82) is 0 Å². The summed E-state index contributed by atoms with van der Waals surface area (Å²) in [6.07, 6.45) is 4.25. The number of hydrogen-bond acceptors (Lipinski definition) is 2. The Labute approximate surface area is 70.3 Å². The summed E-state index contributed by atoms with van der Waals surface area (Å²) in [7, 11) is 1.75. The molecule has 0 rings (SSSR count). The zero-order valence-corrected chi connectivity index (χ0v) is 8.02. The minimum atomic E-state index is 0.344. The van der Waals surface area contributed by atoms with Gasteiger partial charge in [-0.1, -0.05) is 19.8 Å². The molecule has 2 heteroatoms. The van der Waals surface area contributed by atoms with Crippen LogP contribution in [0, 0.1) is 0 Å². The molecule has 0 unspecified atom stereocenters. The quantitative estimate of drug-likeness (QED) is 0.572. The number of hydrogen-bond donors (Lipinski definition) is 1. The summed E-state index contributed by atoms with van der Waals surface area (Å²) in [5.74, 6) is 0. The third-order valence-corrected chi connectivity index (χ3v) is 1.79. The van der Waals surface area contributed by atoms with Crippen molar-refractivity contribution in [2.45, 2.75) is 39.2 Å². The van der Waals surface area contributed by atoms with E-state index in [1.54, 1.807) is 7.11 Å². The van der Waals surface area contributed by atoms with Crippen LogP contribution in [-0.2, 0) is 4.74 Å². The van der Waals surface area contributed by atoms with E-state index in [-0.39, 0.29) is 0 Å². The largest absolute Gasteiger partial charge is 0.380 e. The van der Waals surface area contributed by atoms with Crippen molar-refractivity contribution in [1.82, 2.24) is 5.32 Å². The molecule has 0 bridgehead atoms. The van der Waals surface area contributed by atoms with E-state index in [4.69, 9.17) is 4.74 Å². The molecule has 0 heterocycles. The minimum absolute atomic E-state index is 0.344. The number of nitrogens with one attached hydrogen (secondary N) is 1. The van der Waals surface area contributed by atoms with Crippen molar-refractivity contribution in [3.05, 3.63) is 0 Å². The summed E-state index contributed by atoms with van der Waals surface area (Å²) in [5.41, 5.74) is 0. The fourth-order valence-electron chi connectivity index (χ4n) is 0.889. The standard InChI is InChI=1S/C9H21NO/c1-4-5-6-7-10-8-9(2)11-3/h9-10H,4-8H2,1-3H3/t9-/m0/s1. The topological polar surface area (TPSA) is 21.3 Å². The van der Waals surface area contributed by atoms with Gasteiger partial charge >= 0.3 is 0 Å². The molecule has 1 atom stereocenters. The highest BCUT2D eigenvalue weighted by atomic mass is 16.5. The molecule has 0 aliphatic rings. The summed E-state index contributed by atoms with van der Waals surface area (Å²) in [6.45, 7) is 6.40. The molecule has 0 aromatic rings. The summed E-state index contributed by atoms with van der Waals surface area (Å²) in [5, 5.41) is 3.35. The maximum Gasteiger partial charge on any atom is 0.0667 e. The van der Waals surface area contributed by atoms with E-state index in [1.165, 1.54) is 19.3 Å². The number of methoxy groups -OCH3 is 1. The van der Waals surface area contributed by atoms with Gasteiger partial charge in [0.2, 0.25) is 0 Å². The molecule has 68 valence electrons. The summed E-state index contributed by atoms with van der Waals surface area (Å²) in [6, 6.07) is 0. The predicted molar refractivity (Wildman–Crippen MR) is 48.9 cm³/mol. The van der Waals surface area contributed by atoms with Crippen molar-refractivity contribution in [3.8, 4) is 0 Å². The van der Waals surface area contributed by atoms with Crippen LogP contribution in [0.15, 0.2) is 0 Å². The Bertz CT molecular complexity index is 76.0. The number of rotatable bonds is 7. The van der Waals surface area contributed by atoms with Gasteiger partial charge in [-0.25, -0.2) is 0 Å². The molecule has 0 saturated heterocycles. The van der Waals surface area contributed by atoms with Crippen LogP contribution in [0.4, 0.5) is 0 Å². The van der Waals surface area contributed by atoms with Crippen molar-refractivity contribution in [2.24, 2.45) is 0 Å². The average Bonchev–Trinajstić information content (AvgIpc) is 2.04. The van der Waals surface area contributed by atoms with E-state index >= 15 is 0 Å². The van der Waals surface area contributed by atoms with Crippen LogP contribution in [0.1, 0.15) is 33.1 Å². The molecular weight excluding hydrogens is 138 g/mol. The molecule has 0 radical (unpaired) electrons. The highest BCUT2D eigenvalue weighted by Gasteiger charge is 1.96. The monoisotopic (exact) mass is 159 g/mol. The van der Waals surface area contributed by atoms with Gasteiger partial charge in [0.15, 0.2) is 0 Å². The molecule has 0 aliphatic heterocycles. The second-order valence-corrected chi connectivity index (χ2v) is 2.96. The first-order chi connectivity index (χ1) is 5.31. The molecule has 0 saturated carbocycles. The van der Waals surface area contributed by atoms with E-state index in [9.17, 15) is 0 Å². The van der Waals surface area contributed by atoms with Crippen molar-refractivity contribution >= 4 is 0 Å². The van der Waals surface area contributed by atoms with E-state index in [0.717, 1.165) is 13.1 Å². The first-order valence-electron chi connectivity index (χ1n) is 4.54. The Balaban J connectivity index is 2.89. The summed E-state index contributed by atoms with van der Waals surface area (Å²) >= 11 is 0. The van der Waals surface area contributed by atoms with Gasteiger partial charge in [0.1, 0.15) is 0 Å². The number of ether oxygens (including phenoxy) is 1. The smallest absolute Gasteiger partial charge is 0.0667 e. The number of unbranched alkanes of at least 4 members (excludes halogenated alkanes) is 2. The van der Waals surface area contributed by atoms with Gasteiger partial charge in [-0.2, -0.15) is 0 Å². The van der Waals surface area contributed by atoms with Crippen molar-refractivity contribution in [3.63, 3.8) is 0 Å². The fourth-order valence-corrected chi connectivity index (χ4v) is 0.889. The first-order valence-corrected chi connectivity index (χ1v) is 4.54. The van der Waals surface area contributed by atoms with E-state index in [0.29, 0.717) is 6.10 Å².